The number of carbonyl (C=O) groups excluding carboxylic acids is 1. The van der Waals surface area contributed by atoms with Gasteiger partial charge in [0, 0.05) is 19.3 Å². The molecule has 1 saturated heterocycles. The molecular weight excluding hydrogens is 330 g/mol. The van der Waals surface area contributed by atoms with Crippen LogP contribution in [0.5, 0.6) is 0 Å². The molecule has 2 heterocycles. The molecule has 2 rings (SSSR count). The number of rotatable bonds is 5. The van der Waals surface area contributed by atoms with Crippen molar-refractivity contribution in [3.05, 3.63) is 30.1 Å². The van der Waals surface area contributed by atoms with Crippen LogP contribution in [-0.2, 0) is 14.9 Å². The number of nitrogens with zero attached hydrogens (tertiary/aromatic N) is 3. The number of carbonyl (C=O) groups is 1. The van der Waals surface area contributed by atoms with Crippen LogP contribution >= 0.6 is 0 Å². The maximum absolute atomic E-state index is 12.5. The minimum atomic E-state index is -0.854. The van der Waals surface area contributed by atoms with Gasteiger partial charge in [0.2, 0.25) is 0 Å². The Morgan fingerprint density at radius 2 is 2.23 bits per heavy atom. The fourth-order valence-electron chi connectivity index (χ4n) is 3.08. The number of pyridine rings is 1. The van der Waals surface area contributed by atoms with E-state index in [0.29, 0.717) is 31.8 Å². The lowest BCUT2D eigenvalue weighted by molar-refractivity contribution is -0.0472. The van der Waals surface area contributed by atoms with Crippen molar-refractivity contribution in [3.8, 4) is 6.07 Å². The highest BCUT2D eigenvalue weighted by Gasteiger charge is 2.48. The number of unbranched alkanes of at least 4 members (excludes halogenated alkanes) is 1. The third-order valence-corrected chi connectivity index (χ3v) is 4.50. The molecule has 1 aliphatic rings. The highest BCUT2D eigenvalue weighted by molar-refractivity contribution is 5.68. The highest BCUT2D eigenvalue weighted by atomic mass is 16.6. The second kappa shape index (κ2) is 8.50. The highest BCUT2D eigenvalue weighted by Crippen LogP contribution is 2.36. The van der Waals surface area contributed by atoms with Gasteiger partial charge in [-0.2, -0.15) is 5.26 Å². The van der Waals surface area contributed by atoms with E-state index >= 15 is 0 Å². The van der Waals surface area contributed by atoms with E-state index in [0.717, 1.165) is 12.8 Å². The lowest BCUT2D eigenvalue weighted by atomic mass is 9.74. The molecule has 1 amide bonds. The van der Waals surface area contributed by atoms with Gasteiger partial charge in [0.05, 0.1) is 24.4 Å². The summed E-state index contributed by atoms with van der Waals surface area (Å²) in [6, 6.07) is 8.03. The molecule has 0 unspecified atom stereocenters. The monoisotopic (exact) mass is 359 g/mol. The Bertz CT molecular complexity index is 636. The van der Waals surface area contributed by atoms with Gasteiger partial charge < -0.3 is 14.4 Å². The summed E-state index contributed by atoms with van der Waals surface area (Å²) >= 11 is 0. The fourth-order valence-corrected chi connectivity index (χ4v) is 3.08. The normalized spacial score (nSPS) is 23.3. The van der Waals surface area contributed by atoms with E-state index in [1.807, 2.05) is 39.0 Å². The zero-order chi connectivity index (χ0) is 19.2. The topological polar surface area (TPSA) is 75.4 Å². The molecule has 0 saturated carbocycles. The van der Waals surface area contributed by atoms with Gasteiger partial charge in [0.25, 0.3) is 0 Å². The average molecular weight is 359 g/mol. The molecule has 1 fully saturated rings. The van der Waals surface area contributed by atoms with E-state index in [4.69, 9.17) is 9.47 Å². The molecule has 1 aromatic heterocycles. The van der Waals surface area contributed by atoms with E-state index in [9.17, 15) is 10.1 Å². The zero-order valence-electron chi connectivity index (χ0n) is 16.2. The number of hydrogen-bond donors (Lipinski definition) is 0. The Labute approximate surface area is 156 Å². The lowest BCUT2D eigenvalue weighted by Gasteiger charge is -2.43. The minimum absolute atomic E-state index is 0.322. The van der Waals surface area contributed by atoms with E-state index < -0.39 is 17.1 Å². The molecule has 0 aromatic carbocycles. The van der Waals surface area contributed by atoms with Crippen LogP contribution in [0, 0.1) is 11.3 Å². The van der Waals surface area contributed by atoms with Gasteiger partial charge in [-0.1, -0.05) is 19.4 Å². The smallest absolute Gasteiger partial charge is 0.410 e. The van der Waals surface area contributed by atoms with Crippen LogP contribution in [0.3, 0.4) is 0 Å². The summed E-state index contributed by atoms with van der Waals surface area (Å²) < 4.78 is 11.6. The Morgan fingerprint density at radius 3 is 2.81 bits per heavy atom. The van der Waals surface area contributed by atoms with Crippen LogP contribution in [-0.4, -0.2) is 47.4 Å². The molecule has 2 atom stereocenters. The zero-order valence-corrected chi connectivity index (χ0v) is 16.2. The predicted molar refractivity (Wildman–Crippen MR) is 98.6 cm³/mol. The second-order valence-corrected chi connectivity index (χ2v) is 7.69. The minimum Gasteiger partial charge on any atom is -0.444 e. The molecular formula is C20H29N3O3. The third kappa shape index (κ3) is 4.73. The van der Waals surface area contributed by atoms with Crippen molar-refractivity contribution in [1.82, 2.24) is 9.88 Å². The number of amides is 1. The molecule has 1 aliphatic heterocycles. The molecule has 0 bridgehead atoms. The summed E-state index contributed by atoms with van der Waals surface area (Å²) in [4.78, 5) is 18.5. The summed E-state index contributed by atoms with van der Waals surface area (Å²) in [5.74, 6) is 0. The van der Waals surface area contributed by atoms with Crippen LogP contribution in [0.25, 0.3) is 0 Å². The fraction of sp³-hybridized carbons (Fsp3) is 0.650. The maximum atomic E-state index is 12.5. The molecule has 6 heteroatoms. The van der Waals surface area contributed by atoms with Gasteiger partial charge in [-0.3, -0.25) is 4.98 Å². The van der Waals surface area contributed by atoms with Crippen molar-refractivity contribution in [3.63, 3.8) is 0 Å². The van der Waals surface area contributed by atoms with E-state index in [2.05, 4.69) is 18.0 Å². The van der Waals surface area contributed by atoms with Crippen molar-refractivity contribution in [2.24, 2.45) is 0 Å². The van der Waals surface area contributed by atoms with Crippen molar-refractivity contribution in [1.29, 1.82) is 5.26 Å². The molecule has 0 radical (unpaired) electrons. The van der Waals surface area contributed by atoms with Crippen LogP contribution < -0.4 is 0 Å². The van der Waals surface area contributed by atoms with Gasteiger partial charge in [-0.25, -0.2) is 4.79 Å². The Hall–Kier alpha value is -2.13. The molecule has 0 N–H and O–H groups in total. The maximum Gasteiger partial charge on any atom is 0.410 e. The van der Waals surface area contributed by atoms with Gasteiger partial charge in [-0.05, 0) is 45.7 Å². The van der Waals surface area contributed by atoms with E-state index in [1.165, 1.54) is 0 Å². The summed E-state index contributed by atoms with van der Waals surface area (Å²) in [5.41, 5.74) is -0.707. The van der Waals surface area contributed by atoms with E-state index in [-0.39, 0.29) is 6.09 Å². The van der Waals surface area contributed by atoms with Gasteiger partial charge >= 0.3 is 6.09 Å². The molecule has 142 valence electrons. The number of likely N-dealkylation sites (tertiary alicyclic amines) is 1. The van der Waals surface area contributed by atoms with Crippen molar-refractivity contribution >= 4 is 6.09 Å². The number of piperidine rings is 1. The first-order valence-corrected chi connectivity index (χ1v) is 9.24. The van der Waals surface area contributed by atoms with Gasteiger partial charge in [0.15, 0.2) is 0 Å². The van der Waals surface area contributed by atoms with Crippen LogP contribution in [0.1, 0.15) is 52.7 Å². The first-order valence-electron chi connectivity index (χ1n) is 9.24. The Kier molecular flexibility index (Phi) is 6.60. The summed E-state index contributed by atoms with van der Waals surface area (Å²) in [6.07, 6.45) is 3.27. The summed E-state index contributed by atoms with van der Waals surface area (Å²) in [6.45, 7) is 8.94. The SMILES string of the molecule is CCCCO[C@@H]1CN(C(=O)OC(C)(C)C)CC[C@@]1(C#N)c1ccccn1. The molecule has 1 aromatic rings. The van der Waals surface area contributed by atoms with Crippen molar-refractivity contribution in [2.45, 2.75) is 64.1 Å². The standard InChI is InChI=1S/C20H29N3O3/c1-5-6-13-25-17-14-23(18(24)26-19(2,3)4)12-10-20(17,15-21)16-9-7-8-11-22-16/h7-9,11,17H,5-6,10,12-14H2,1-4H3/t17-,20-/m1/s1. The lowest BCUT2D eigenvalue weighted by Crippen LogP contribution is -2.56. The number of aromatic nitrogens is 1. The quantitative estimate of drug-likeness (QED) is 0.750. The molecule has 0 aliphatic carbocycles. The summed E-state index contributed by atoms with van der Waals surface area (Å²) in [7, 11) is 0. The predicted octanol–water partition coefficient (Wildman–Crippen LogP) is 3.67. The van der Waals surface area contributed by atoms with Gasteiger partial charge in [-0.15, -0.1) is 0 Å². The summed E-state index contributed by atoms with van der Waals surface area (Å²) in [5, 5.41) is 10.0. The number of ether oxygens (including phenoxy) is 2. The molecule has 26 heavy (non-hydrogen) atoms. The largest absolute Gasteiger partial charge is 0.444 e. The van der Waals surface area contributed by atoms with Gasteiger partial charge in [0.1, 0.15) is 11.0 Å². The second-order valence-electron chi connectivity index (χ2n) is 7.69. The first kappa shape index (κ1) is 20.2. The van der Waals surface area contributed by atoms with Crippen LogP contribution in [0.2, 0.25) is 0 Å². The van der Waals surface area contributed by atoms with Crippen LogP contribution in [0.4, 0.5) is 4.79 Å². The number of nitriles is 1. The number of hydrogen-bond acceptors (Lipinski definition) is 5. The Balaban J connectivity index is 2.24. The first-order chi connectivity index (χ1) is 12.3. The molecule has 6 nitrogen and oxygen atoms in total. The Morgan fingerprint density at radius 1 is 1.46 bits per heavy atom. The third-order valence-electron chi connectivity index (χ3n) is 4.50. The van der Waals surface area contributed by atoms with Crippen molar-refractivity contribution < 1.29 is 14.3 Å². The van der Waals surface area contributed by atoms with E-state index in [1.54, 1.807) is 11.1 Å². The molecule has 0 spiro atoms. The average Bonchev–Trinajstić information content (AvgIpc) is 2.61. The van der Waals surface area contributed by atoms with Crippen molar-refractivity contribution in [2.75, 3.05) is 19.7 Å². The van der Waals surface area contributed by atoms with Crippen LogP contribution in [0.15, 0.2) is 24.4 Å².